The highest BCUT2D eigenvalue weighted by Gasteiger charge is 2.10. The Balaban J connectivity index is 0.00000144. The summed E-state index contributed by atoms with van der Waals surface area (Å²) in [4.78, 5) is 11.2. The summed E-state index contributed by atoms with van der Waals surface area (Å²) < 4.78 is 4.74. The fourth-order valence-corrected chi connectivity index (χ4v) is 1.84. The van der Waals surface area contributed by atoms with Gasteiger partial charge in [-0.2, -0.15) is 0 Å². The van der Waals surface area contributed by atoms with Crippen LogP contribution in [0.25, 0.3) is 0 Å². The average Bonchev–Trinajstić information content (AvgIpc) is 2.74. The van der Waals surface area contributed by atoms with E-state index in [0.29, 0.717) is 6.54 Å². The van der Waals surface area contributed by atoms with Gasteiger partial charge < -0.3 is 15.4 Å². The Hall–Kier alpha value is -1.10. The summed E-state index contributed by atoms with van der Waals surface area (Å²) >= 11 is 0. The van der Waals surface area contributed by atoms with Crippen LogP contribution in [0.15, 0.2) is 18.2 Å². The van der Waals surface area contributed by atoms with Crippen LogP contribution in [-0.2, 0) is 29.2 Å². The Labute approximate surface area is 107 Å². The SMILES string of the molecule is COCC(=O)NCc1ccc2c(c1)CNC2.Cl. The highest BCUT2D eigenvalue weighted by Crippen LogP contribution is 2.16. The van der Waals surface area contributed by atoms with Crippen molar-refractivity contribution in [2.24, 2.45) is 0 Å². The van der Waals surface area contributed by atoms with Gasteiger partial charge in [0, 0.05) is 26.7 Å². The largest absolute Gasteiger partial charge is 0.375 e. The molecule has 0 bridgehead atoms. The van der Waals surface area contributed by atoms with Gasteiger partial charge in [-0.05, 0) is 16.7 Å². The van der Waals surface area contributed by atoms with E-state index in [1.807, 2.05) is 0 Å². The van der Waals surface area contributed by atoms with E-state index in [0.717, 1.165) is 18.7 Å². The van der Waals surface area contributed by atoms with Crippen LogP contribution in [0.5, 0.6) is 0 Å². The molecule has 94 valence electrons. The Morgan fingerprint density at radius 3 is 2.94 bits per heavy atom. The van der Waals surface area contributed by atoms with Gasteiger partial charge in [-0.3, -0.25) is 4.79 Å². The highest BCUT2D eigenvalue weighted by atomic mass is 35.5. The second-order valence-electron chi connectivity index (χ2n) is 3.92. The first-order chi connectivity index (χ1) is 7.79. The molecule has 1 aromatic carbocycles. The summed E-state index contributed by atoms with van der Waals surface area (Å²) in [5.41, 5.74) is 3.82. The van der Waals surface area contributed by atoms with E-state index < -0.39 is 0 Å². The molecule has 1 heterocycles. The normalized spacial score (nSPS) is 12.8. The number of carbonyl (C=O) groups is 1. The molecule has 2 rings (SSSR count). The van der Waals surface area contributed by atoms with E-state index in [1.165, 1.54) is 18.2 Å². The van der Waals surface area contributed by atoms with Gasteiger partial charge in [-0.1, -0.05) is 18.2 Å². The van der Waals surface area contributed by atoms with Gasteiger partial charge in [-0.25, -0.2) is 0 Å². The number of nitrogens with one attached hydrogen (secondary N) is 2. The van der Waals surface area contributed by atoms with Crippen molar-refractivity contribution >= 4 is 18.3 Å². The lowest BCUT2D eigenvalue weighted by Crippen LogP contribution is -2.26. The Bertz CT molecular complexity index is 396. The number of methoxy groups -OCH3 is 1. The molecule has 1 amide bonds. The van der Waals surface area contributed by atoms with Gasteiger partial charge in [-0.15, -0.1) is 12.4 Å². The summed E-state index contributed by atoms with van der Waals surface area (Å²) in [7, 11) is 1.51. The summed E-state index contributed by atoms with van der Waals surface area (Å²) in [6, 6.07) is 6.31. The first kappa shape index (κ1) is 14.0. The smallest absolute Gasteiger partial charge is 0.246 e. The first-order valence-corrected chi connectivity index (χ1v) is 5.36. The lowest BCUT2D eigenvalue weighted by molar-refractivity contribution is -0.124. The molecule has 5 heteroatoms. The van der Waals surface area contributed by atoms with Crippen molar-refractivity contribution in [1.29, 1.82) is 0 Å². The number of hydrogen-bond acceptors (Lipinski definition) is 3. The van der Waals surface area contributed by atoms with Crippen molar-refractivity contribution in [3.63, 3.8) is 0 Å². The second kappa shape index (κ2) is 6.59. The number of rotatable bonds is 4. The van der Waals surface area contributed by atoms with E-state index in [-0.39, 0.29) is 24.9 Å². The minimum absolute atomic E-state index is 0. The third-order valence-corrected chi connectivity index (χ3v) is 2.67. The van der Waals surface area contributed by atoms with Gasteiger partial charge in [0.2, 0.25) is 5.91 Å². The molecular formula is C12H17ClN2O2. The second-order valence-corrected chi connectivity index (χ2v) is 3.92. The molecule has 1 aliphatic rings. The molecule has 0 unspecified atom stereocenters. The molecule has 1 aliphatic heterocycles. The summed E-state index contributed by atoms with van der Waals surface area (Å²) in [5.74, 6) is -0.0823. The molecule has 0 fully saturated rings. The van der Waals surface area contributed by atoms with Crippen molar-refractivity contribution in [3.05, 3.63) is 34.9 Å². The number of benzene rings is 1. The maximum absolute atomic E-state index is 11.2. The number of carbonyl (C=O) groups excluding carboxylic acids is 1. The number of halogens is 1. The maximum Gasteiger partial charge on any atom is 0.246 e. The fourth-order valence-electron chi connectivity index (χ4n) is 1.84. The van der Waals surface area contributed by atoms with E-state index in [4.69, 9.17) is 4.74 Å². The Kier molecular flexibility index (Phi) is 5.41. The Morgan fingerprint density at radius 2 is 2.18 bits per heavy atom. The third-order valence-electron chi connectivity index (χ3n) is 2.67. The van der Waals surface area contributed by atoms with Crippen LogP contribution in [0.2, 0.25) is 0 Å². The molecule has 0 aromatic heterocycles. The van der Waals surface area contributed by atoms with E-state index in [9.17, 15) is 4.79 Å². The van der Waals surface area contributed by atoms with Crippen molar-refractivity contribution < 1.29 is 9.53 Å². The van der Waals surface area contributed by atoms with Crippen LogP contribution in [0.1, 0.15) is 16.7 Å². The molecule has 2 N–H and O–H groups in total. The van der Waals surface area contributed by atoms with Crippen LogP contribution in [-0.4, -0.2) is 19.6 Å². The van der Waals surface area contributed by atoms with E-state index >= 15 is 0 Å². The van der Waals surface area contributed by atoms with Crippen LogP contribution in [0.4, 0.5) is 0 Å². The van der Waals surface area contributed by atoms with Gasteiger partial charge >= 0.3 is 0 Å². The zero-order valence-electron chi connectivity index (χ0n) is 9.79. The van der Waals surface area contributed by atoms with Gasteiger partial charge in [0.25, 0.3) is 0 Å². The minimum atomic E-state index is -0.0823. The lowest BCUT2D eigenvalue weighted by atomic mass is 10.1. The van der Waals surface area contributed by atoms with Gasteiger partial charge in [0.1, 0.15) is 6.61 Å². The van der Waals surface area contributed by atoms with Crippen molar-refractivity contribution in [3.8, 4) is 0 Å². The first-order valence-electron chi connectivity index (χ1n) is 5.36. The molecule has 0 aliphatic carbocycles. The highest BCUT2D eigenvalue weighted by molar-refractivity contribution is 5.85. The molecule has 0 spiro atoms. The summed E-state index contributed by atoms with van der Waals surface area (Å²) in [5, 5.41) is 6.10. The van der Waals surface area contributed by atoms with Gasteiger partial charge in [0.05, 0.1) is 0 Å². The van der Waals surface area contributed by atoms with E-state index in [1.54, 1.807) is 0 Å². The minimum Gasteiger partial charge on any atom is -0.375 e. The quantitative estimate of drug-likeness (QED) is 0.844. The molecule has 4 nitrogen and oxygen atoms in total. The molecule has 0 atom stereocenters. The van der Waals surface area contributed by atoms with Crippen molar-refractivity contribution in [2.45, 2.75) is 19.6 Å². The predicted octanol–water partition coefficient (Wildman–Crippen LogP) is 0.974. The monoisotopic (exact) mass is 256 g/mol. The zero-order valence-corrected chi connectivity index (χ0v) is 10.6. The average molecular weight is 257 g/mol. The van der Waals surface area contributed by atoms with E-state index in [2.05, 4.69) is 28.8 Å². The topological polar surface area (TPSA) is 50.4 Å². The molecule has 0 saturated heterocycles. The van der Waals surface area contributed by atoms with Crippen molar-refractivity contribution in [2.75, 3.05) is 13.7 Å². The standard InChI is InChI=1S/C12H16N2O2.ClH/c1-16-8-12(15)14-5-9-2-3-10-6-13-7-11(10)4-9;/h2-4,13H,5-8H2,1H3,(H,14,15);1H. The maximum atomic E-state index is 11.2. The number of ether oxygens (including phenoxy) is 1. The molecular weight excluding hydrogens is 240 g/mol. The molecule has 17 heavy (non-hydrogen) atoms. The number of amides is 1. The van der Waals surface area contributed by atoms with Crippen LogP contribution in [0, 0.1) is 0 Å². The predicted molar refractivity (Wildman–Crippen MR) is 68.0 cm³/mol. The van der Waals surface area contributed by atoms with Crippen LogP contribution < -0.4 is 10.6 Å². The number of fused-ring (bicyclic) bond motifs is 1. The lowest BCUT2D eigenvalue weighted by Gasteiger charge is -2.06. The summed E-state index contributed by atoms with van der Waals surface area (Å²) in [6.07, 6.45) is 0. The third kappa shape index (κ3) is 3.70. The van der Waals surface area contributed by atoms with Crippen LogP contribution >= 0.6 is 12.4 Å². The molecule has 0 radical (unpaired) electrons. The molecule has 0 saturated carbocycles. The molecule has 1 aromatic rings. The Morgan fingerprint density at radius 1 is 1.41 bits per heavy atom. The van der Waals surface area contributed by atoms with Crippen molar-refractivity contribution in [1.82, 2.24) is 10.6 Å². The number of hydrogen-bond donors (Lipinski definition) is 2. The summed E-state index contributed by atoms with van der Waals surface area (Å²) in [6.45, 7) is 2.56. The van der Waals surface area contributed by atoms with Gasteiger partial charge in [0.15, 0.2) is 0 Å². The van der Waals surface area contributed by atoms with Crippen LogP contribution in [0.3, 0.4) is 0 Å². The fraction of sp³-hybridized carbons (Fsp3) is 0.417. The zero-order chi connectivity index (χ0) is 11.4.